The van der Waals surface area contributed by atoms with E-state index in [9.17, 15) is 9.59 Å². The van der Waals surface area contributed by atoms with Crippen LogP contribution in [0.1, 0.15) is 30.8 Å². The summed E-state index contributed by atoms with van der Waals surface area (Å²) in [6.07, 6.45) is 1.47. The number of carbonyl (C=O) groups excluding carboxylic acids is 2. The Morgan fingerprint density at radius 3 is 2.76 bits per heavy atom. The third kappa shape index (κ3) is 3.12. The van der Waals surface area contributed by atoms with Crippen LogP contribution in [0.15, 0.2) is 65.3 Å². The van der Waals surface area contributed by atoms with Gasteiger partial charge in [0.2, 0.25) is 5.78 Å². The first-order chi connectivity index (χ1) is 12.2. The van der Waals surface area contributed by atoms with Gasteiger partial charge in [-0.2, -0.15) is 0 Å². The van der Waals surface area contributed by atoms with Gasteiger partial charge in [0.25, 0.3) is 5.91 Å². The maximum Gasteiger partial charge on any atom is 0.268 e. The number of furan rings is 1. The number of thiophene rings is 1. The molecule has 5 nitrogen and oxygen atoms in total. The van der Waals surface area contributed by atoms with Crippen molar-refractivity contribution in [2.45, 2.75) is 6.54 Å². The number of para-hydroxylation sites is 1. The Labute approximate surface area is 147 Å². The second kappa shape index (κ2) is 6.41. The van der Waals surface area contributed by atoms with Crippen molar-refractivity contribution in [1.29, 1.82) is 0 Å². The van der Waals surface area contributed by atoms with E-state index in [-0.39, 0.29) is 11.7 Å². The highest BCUT2D eigenvalue weighted by Crippen LogP contribution is 2.20. The molecule has 1 amide bonds. The molecule has 0 fully saturated rings. The number of aromatic amines is 1. The predicted octanol–water partition coefficient (Wildman–Crippen LogP) is 3.98. The normalized spacial score (nSPS) is 10.9. The zero-order valence-electron chi connectivity index (χ0n) is 13.1. The molecule has 0 aliphatic rings. The standard InChI is InChI=1S/C19H14N2O3S/c22-18(16-6-3-9-24-16)17-8-7-13(25-17)11-20-19(23)15-10-12-4-1-2-5-14(12)21-15/h1-10,21H,11H2,(H,20,23). The number of nitrogens with one attached hydrogen (secondary N) is 2. The molecular formula is C19H14N2O3S. The average molecular weight is 350 g/mol. The van der Waals surface area contributed by atoms with Crippen LogP contribution >= 0.6 is 11.3 Å². The Kier molecular flexibility index (Phi) is 3.95. The van der Waals surface area contributed by atoms with E-state index >= 15 is 0 Å². The molecule has 0 radical (unpaired) electrons. The minimum Gasteiger partial charge on any atom is -0.461 e. The van der Waals surface area contributed by atoms with Gasteiger partial charge in [-0.25, -0.2) is 0 Å². The van der Waals surface area contributed by atoms with E-state index < -0.39 is 0 Å². The van der Waals surface area contributed by atoms with Gasteiger partial charge in [0.15, 0.2) is 5.76 Å². The van der Waals surface area contributed by atoms with Crippen molar-refractivity contribution < 1.29 is 14.0 Å². The number of ketones is 1. The van der Waals surface area contributed by atoms with Gasteiger partial charge in [-0.15, -0.1) is 11.3 Å². The van der Waals surface area contributed by atoms with Crippen molar-refractivity contribution in [3.8, 4) is 0 Å². The summed E-state index contributed by atoms with van der Waals surface area (Å²) in [4.78, 5) is 29.1. The molecule has 3 heterocycles. The van der Waals surface area contributed by atoms with Crippen LogP contribution in [-0.4, -0.2) is 16.7 Å². The van der Waals surface area contributed by atoms with Crippen LogP contribution in [0.3, 0.4) is 0 Å². The smallest absolute Gasteiger partial charge is 0.268 e. The topological polar surface area (TPSA) is 75.1 Å². The minimum atomic E-state index is -0.177. The molecule has 124 valence electrons. The predicted molar refractivity (Wildman–Crippen MR) is 95.9 cm³/mol. The van der Waals surface area contributed by atoms with Crippen LogP contribution in [0.25, 0.3) is 10.9 Å². The van der Waals surface area contributed by atoms with Gasteiger partial charge in [-0.3, -0.25) is 9.59 Å². The first kappa shape index (κ1) is 15.4. The first-order valence-electron chi connectivity index (χ1n) is 7.73. The van der Waals surface area contributed by atoms with Gasteiger partial charge >= 0.3 is 0 Å². The number of aromatic nitrogens is 1. The van der Waals surface area contributed by atoms with E-state index in [1.54, 1.807) is 18.2 Å². The average Bonchev–Trinajstić information content (AvgIpc) is 3.39. The van der Waals surface area contributed by atoms with E-state index in [1.165, 1.54) is 17.6 Å². The third-order valence-electron chi connectivity index (χ3n) is 3.83. The van der Waals surface area contributed by atoms with E-state index in [2.05, 4.69) is 10.3 Å². The minimum absolute atomic E-state index is 0.150. The molecule has 0 saturated carbocycles. The summed E-state index contributed by atoms with van der Waals surface area (Å²) in [5.41, 5.74) is 1.44. The molecule has 4 rings (SSSR count). The molecule has 0 saturated heterocycles. The molecule has 0 unspecified atom stereocenters. The number of amides is 1. The molecule has 0 aliphatic heterocycles. The molecule has 1 aromatic carbocycles. The van der Waals surface area contributed by atoms with Crippen LogP contribution in [0.2, 0.25) is 0 Å². The maximum atomic E-state index is 12.3. The molecule has 6 heteroatoms. The van der Waals surface area contributed by atoms with Crippen molar-refractivity contribution in [1.82, 2.24) is 10.3 Å². The number of fused-ring (bicyclic) bond motifs is 1. The summed E-state index contributed by atoms with van der Waals surface area (Å²) in [6.45, 7) is 0.365. The number of hydrogen-bond acceptors (Lipinski definition) is 4. The van der Waals surface area contributed by atoms with Gasteiger partial charge in [-0.05, 0) is 36.4 Å². The fourth-order valence-corrected chi connectivity index (χ4v) is 3.47. The Balaban J connectivity index is 1.43. The van der Waals surface area contributed by atoms with E-state index in [4.69, 9.17) is 4.42 Å². The van der Waals surface area contributed by atoms with Crippen LogP contribution in [-0.2, 0) is 6.54 Å². The largest absolute Gasteiger partial charge is 0.461 e. The third-order valence-corrected chi connectivity index (χ3v) is 4.91. The molecule has 0 bridgehead atoms. The van der Waals surface area contributed by atoms with Gasteiger partial charge < -0.3 is 14.7 Å². The molecular weight excluding hydrogens is 336 g/mol. The highest BCUT2D eigenvalue weighted by Gasteiger charge is 2.15. The summed E-state index contributed by atoms with van der Waals surface area (Å²) in [7, 11) is 0. The summed E-state index contributed by atoms with van der Waals surface area (Å²) in [5, 5.41) is 3.86. The summed E-state index contributed by atoms with van der Waals surface area (Å²) >= 11 is 1.35. The number of H-pyrrole nitrogens is 1. The van der Waals surface area contributed by atoms with E-state index in [1.807, 2.05) is 36.4 Å². The molecule has 25 heavy (non-hydrogen) atoms. The molecule has 2 N–H and O–H groups in total. The molecule has 0 spiro atoms. The highest BCUT2D eigenvalue weighted by atomic mass is 32.1. The lowest BCUT2D eigenvalue weighted by Gasteiger charge is -2.01. The summed E-state index contributed by atoms with van der Waals surface area (Å²) in [6, 6.07) is 16.5. The second-order valence-electron chi connectivity index (χ2n) is 5.53. The van der Waals surface area contributed by atoms with Gasteiger partial charge in [0.05, 0.1) is 17.7 Å². The number of carbonyl (C=O) groups is 2. The Bertz CT molecular complexity index is 1010. The van der Waals surface area contributed by atoms with Crippen LogP contribution in [0.4, 0.5) is 0 Å². The Morgan fingerprint density at radius 2 is 1.96 bits per heavy atom. The van der Waals surface area contributed by atoms with Gasteiger partial charge in [0.1, 0.15) is 5.69 Å². The SMILES string of the molecule is O=C(NCc1ccc(C(=O)c2ccco2)s1)c1cc2ccccc2[nH]1. The monoisotopic (exact) mass is 350 g/mol. The number of benzene rings is 1. The zero-order valence-corrected chi connectivity index (χ0v) is 13.9. The van der Waals surface area contributed by atoms with Gasteiger partial charge in [0, 0.05) is 15.8 Å². The fourth-order valence-electron chi connectivity index (χ4n) is 2.58. The molecule has 3 aromatic heterocycles. The quantitative estimate of drug-likeness (QED) is 0.535. The Hall–Kier alpha value is -3.12. The van der Waals surface area contributed by atoms with Crippen molar-refractivity contribution in [2.75, 3.05) is 0 Å². The molecule has 0 aliphatic carbocycles. The highest BCUT2D eigenvalue weighted by molar-refractivity contribution is 7.14. The van der Waals surface area contributed by atoms with Gasteiger partial charge in [-0.1, -0.05) is 18.2 Å². The lowest BCUT2D eigenvalue weighted by Crippen LogP contribution is -2.22. The lowest BCUT2D eigenvalue weighted by atomic mass is 10.2. The fraction of sp³-hybridized carbons (Fsp3) is 0.0526. The zero-order chi connectivity index (χ0) is 17.2. The van der Waals surface area contributed by atoms with Crippen molar-refractivity contribution in [3.05, 3.63) is 82.1 Å². The number of rotatable bonds is 5. The molecule has 0 atom stereocenters. The van der Waals surface area contributed by atoms with E-state index in [0.29, 0.717) is 22.9 Å². The van der Waals surface area contributed by atoms with Crippen LogP contribution in [0, 0.1) is 0 Å². The lowest BCUT2D eigenvalue weighted by molar-refractivity contribution is 0.0946. The second-order valence-corrected chi connectivity index (χ2v) is 6.69. The Morgan fingerprint density at radius 1 is 1.08 bits per heavy atom. The molecule has 4 aromatic rings. The van der Waals surface area contributed by atoms with Crippen LogP contribution < -0.4 is 5.32 Å². The first-order valence-corrected chi connectivity index (χ1v) is 8.55. The number of hydrogen-bond donors (Lipinski definition) is 2. The van der Waals surface area contributed by atoms with E-state index in [0.717, 1.165) is 15.8 Å². The van der Waals surface area contributed by atoms with Crippen molar-refractivity contribution in [3.63, 3.8) is 0 Å². The van der Waals surface area contributed by atoms with Crippen molar-refractivity contribution >= 4 is 33.9 Å². The van der Waals surface area contributed by atoms with Crippen LogP contribution in [0.5, 0.6) is 0 Å². The summed E-state index contributed by atoms with van der Waals surface area (Å²) < 4.78 is 5.13. The van der Waals surface area contributed by atoms with Crippen molar-refractivity contribution in [2.24, 2.45) is 0 Å². The maximum absolute atomic E-state index is 12.3. The summed E-state index contributed by atoms with van der Waals surface area (Å²) in [5.74, 6) is -0.0118.